The first-order chi connectivity index (χ1) is 9.06. The summed E-state index contributed by atoms with van der Waals surface area (Å²) in [6, 6.07) is 13.1. The van der Waals surface area contributed by atoms with Crippen molar-refractivity contribution in [2.24, 2.45) is 0 Å². The Morgan fingerprint density at radius 2 is 1.47 bits per heavy atom. The van der Waals surface area contributed by atoms with Crippen LogP contribution in [-0.4, -0.2) is 7.05 Å². The van der Waals surface area contributed by atoms with Gasteiger partial charge in [-0.1, -0.05) is 52.3 Å². The zero-order valence-electron chi connectivity index (χ0n) is 11.9. The summed E-state index contributed by atoms with van der Waals surface area (Å²) < 4.78 is 1.19. The van der Waals surface area contributed by atoms with Gasteiger partial charge in [0.05, 0.1) is 6.04 Å². The van der Waals surface area contributed by atoms with E-state index in [1.807, 2.05) is 7.05 Å². The number of hydrogen-bond donors (Lipinski definition) is 1. The van der Waals surface area contributed by atoms with E-state index in [9.17, 15) is 0 Å². The minimum atomic E-state index is 0.217. The van der Waals surface area contributed by atoms with Gasteiger partial charge in [-0.25, -0.2) is 0 Å². The second-order valence-electron chi connectivity index (χ2n) is 4.99. The minimum absolute atomic E-state index is 0.217. The van der Waals surface area contributed by atoms with Crippen molar-refractivity contribution in [1.29, 1.82) is 0 Å². The molecule has 1 N–H and O–H groups in total. The van der Waals surface area contributed by atoms with Crippen LogP contribution in [0, 0.1) is 20.8 Å². The predicted molar refractivity (Wildman–Crippen MR) is 85.7 cm³/mol. The van der Waals surface area contributed by atoms with Crippen molar-refractivity contribution < 1.29 is 0 Å². The van der Waals surface area contributed by atoms with Crippen LogP contribution in [0.1, 0.15) is 33.9 Å². The summed E-state index contributed by atoms with van der Waals surface area (Å²) in [5, 5.41) is 3.44. The van der Waals surface area contributed by atoms with Crippen molar-refractivity contribution in [2.75, 3.05) is 7.05 Å². The Morgan fingerprint density at radius 3 is 2.11 bits per heavy atom. The molecule has 0 heterocycles. The Balaban J connectivity index is 2.57. The summed E-state index contributed by atoms with van der Waals surface area (Å²) in [7, 11) is 2.02. The molecular formula is C17H20BrN. The van der Waals surface area contributed by atoms with Crippen LogP contribution >= 0.6 is 15.9 Å². The maximum absolute atomic E-state index is 3.72. The normalized spacial score (nSPS) is 12.5. The summed E-state index contributed by atoms with van der Waals surface area (Å²) in [5.74, 6) is 0. The topological polar surface area (TPSA) is 12.0 Å². The molecule has 1 unspecified atom stereocenters. The zero-order chi connectivity index (χ0) is 14.0. The first kappa shape index (κ1) is 14.3. The van der Waals surface area contributed by atoms with E-state index in [-0.39, 0.29) is 6.04 Å². The quantitative estimate of drug-likeness (QED) is 0.866. The maximum Gasteiger partial charge on any atom is 0.0588 e. The van der Waals surface area contributed by atoms with E-state index < -0.39 is 0 Å². The molecule has 2 rings (SSSR count). The van der Waals surface area contributed by atoms with Gasteiger partial charge >= 0.3 is 0 Å². The Morgan fingerprint density at radius 1 is 0.895 bits per heavy atom. The number of rotatable bonds is 3. The fraction of sp³-hybridized carbons (Fsp3) is 0.294. The molecule has 0 bridgehead atoms. The lowest BCUT2D eigenvalue weighted by Crippen LogP contribution is -2.19. The third-order valence-corrected chi connectivity index (χ3v) is 4.86. The molecule has 0 saturated heterocycles. The molecule has 0 spiro atoms. The van der Waals surface area contributed by atoms with Gasteiger partial charge in [0.25, 0.3) is 0 Å². The molecule has 0 amide bonds. The first-order valence-electron chi connectivity index (χ1n) is 6.54. The van der Waals surface area contributed by atoms with E-state index in [1.165, 1.54) is 32.3 Å². The molecule has 0 aliphatic carbocycles. The highest BCUT2D eigenvalue weighted by Crippen LogP contribution is 2.32. The van der Waals surface area contributed by atoms with E-state index in [2.05, 4.69) is 78.4 Å². The van der Waals surface area contributed by atoms with Gasteiger partial charge in [0, 0.05) is 4.47 Å². The van der Waals surface area contributed by atoms with Crippen LogP contribution in [0.2, 0.25) is 0 Å². The molecule has 2 aromatic carbocycles. The zero-order valence-corrected chi connectivity index (χ0v) is 13.5. The van der Waals surface area contributed by atoms with Crippen LogP contribution < -0.4 is 5.32 Å². The monoisotopic (exact) mass is 317 g/mol. The van der Waals surface area contributed by atoms with Gasteiger partial charge in [-0.05, 0) is 55.6 Å². The molecule has 0 radical (unpaired) electrons. The number of benzene rings is 2. The predicted octanol–water partition coefficient (Wildman–Crippen LogP) is 4.68. The molecule has 100 valence electrons. The summed E-state index contributed by atoms with van der Waals surface area (Å²) >= 11 is 3.72. The Bertz CT molecular complexity index is 538. The van der Waals surface area contributed by atoms with Gasteiger partial charge in [0.15, 0.2) is 0 Å². The third kappa shape index (κ3) is 2.75. The van der Waals surface area contributed by atoms with Gasteiger partial charge in [-0.3, -0.25) is 0 Å². The van der Waals surface area contributed by atoms with Crippen LogP contribution in [0.4, 0.5) is 0 Å². The largest absolute Gasteiger partial charge is 0.309 e. The SMILES string of the molecule is CNC(c1cccc(C)c1C)c1cccc(C)c1Br. The molecule has 2 heteroatoms. The standard InChI is InChI=1S/C17H20BrN/c1-11-7-5-9-14(13(11)3)17(19-4)15-10-6-8-12(2)16(15)18/h5-10,17,19H,1-4H3. The second kappa shape index (κ2) is 5.89. The van der Waals surface area contributed by atoms with Crippen LogP contribution in [0.15, 0.2) is 40.9 Å². The third-order valence-electron chi connectivity index (χ3n) is 3.78. The summed E-state index contributed by atoms with van der Waals surface area (Å²) in [4.78, 5) is 0. The highest BCUT2D eigenvalue weighted by molar-refractivity contribution is 9.10. The Labute approximate surface area is 124 Å². The van der Waals surface area contributed by atoms with Crippen molar-refractivity contribution in [1.82, 2.24) is 5.32 Å². The lowest BCUT2D eigenvalue weighted by molar-refractivity contribution is 0.683. The van der Waals surface area contributed by atoms with Crippen molar-refractivity contribution >= 4 is 15.9 Å². The van der Waals surface area contributed by atoms with Crippen LogP contribution in [-0.2, 0) is 0 Å². The maximum atomic E-state index is 3.72. The summed E-state index contributed by atoms with van der Waals surface area (Å²) in [5.41, 5.74) is 6.59. The molecule has 1 nitrogen and oxygen atoms in total. The van der Waals surface area contributed by atoms with E-state index in [0.29, 0.717) is 0 Å². The van der Waals surface area contributed by atoms with Crippen LogP contribution in [0.3, 0.4) is 0 Å². The molecule has 0 aliphatic rings. The molecular weight excluding hydrogens is 298 g/mol. The molecule has 0 fully saturated rings. The Hall–Kier alpha value is -1.12. The van der Waals surface area contributed by atoms with E-state index in [4.69, 9.17) is 0 Å². The minimum Gasteiger partial charge on any atom is -0.309 e. The van der Waals surface area contributed by atoms with Gasteiger partial charge < -0.3 is 5.32 Å². The van der Waals surface area contributed by atoms with Crippen molar-refractivity contribution in [3.05, 3.63) is 68.7 Å². The molecule has 19 heavy (non-hydrogen) atoms. The average Bonchev–Trinajstić information content (AvgIpc) is 2.40. The number of hydrogen-bond acceptors (Lipinski definition) is 1. The average molecular weight is 318 g/mol. The fourth-order valence-electron chi connectivity index (χ4n) is 2.46. The fourth-order valence-corrected chi connectivity index (χ4v) is 2.95. The van der Waals surface area contributed by atoms with Gasteiger partial charge in [0.1, 0.15) is 0 Å². The van der Waals surface area contributed by atoms with Crippen molar-refractivity contribution in [2.45, 2.75) is 26.8 Å². The van der Waals surface area contributed by atoms with Gasteiger partial charge in [0.2, 0.25) is 0 Å². The van der Waals surface area contributed by atoms with E-state index in [0.717, 1.165) is 0 Å². The highest BCUT2D eigenvalue weighted by Gasteiger charge is 2.17. The smallest absolute Gasteiger partial charge is 0.0588 e. The summed E-state index contributed by atoms with van der Waals surface area (Å²) in [6.45, 7) is 6.49. The van der Waals surface area contributed by atoms with Crippen molar-refractivity contribution in [3.63, 3.8) is 0 Å². The molecule has 1 atom stereocenters. The molecule has 0 aliphatic heterocycles. The molecule has 2 aromatic rings. The van der Waals surface area contributed by atoms with Crippen LogP contribution in [0.5, 0.6) is 0 Å². The van der Waals surface area contributed by atoms with Gasteiger partial charge in [-0.2, -0.15) is 0 Å². The lowest BCUT2D eigenvalue weighted by Gasteiger charge is -2.22. The molecule has 0 aromatic heterocycles. The van der Waals surface area contributed by atoms with Gasteiger partial charge in [-0.15, -0.1) is 0 Å². The molecule has 0 saturated carbocycles. The van der Waals surface area contributed by atoms with E-state index in [1.54, 1.807) is 0 Å². The Kier molecular flexibility index (Phi) is 4.43. The first-order valence-corrected chi connectivity index (χ1v) is 7.34. The number of halogens is 1. The second-order valence-corrected chi connectivity index (χ2v) is 5.78. The summed E-state index contributed by atoms with van der Waals surface area (Å²) in [6.07, 6.45) is 0. The lowest BCUT2D eigenvalue weighted by atomic mass is 9.92. The van der Waals surface area contributed by atoms with Crippen LogP contribution in [0.25, 0.3) is 0 Å². The number of nitrogens with one attached hydrogen (secondary N) is 1. The van der Waals surface area contributed by atoms with Crippen molar-refractivity contribution in [3.8, 4) is 0 Å². The highest BCUT2D eigenvalue weighted by atomic mass is 79.9. The van der Waals surface area contributed by atoms with E-state index >= 15 is 0 Å². The number of aryl methyl sites for hydroxylation is 2.